The Bertz CT molecular complexity index is 1790. The highest BCUT2D eigenvalue weighted by molar-refractivity contribution is 8.13. The number of hydrogen-bond donors (Lipinski definition) is 1. The smallest absolute Gasteiger partial charge is 0.410 e. The first-order valence-electron chi connectivity index (χ1n) is 15.8. The van der Waals surface area contributed by atoms with E-state index in [1.165, 1.54) is 24.9 Å². The van der Waals surface area contributed by atoms with Gasteiger partial charge in [-0.25, -0.2) is 28.0 Å². The highest BCUT2D eigenvalue weighted by atomic mass is 35.7. The van der Waals surface area contributed by atoms with Crippen molar-refractivity contribution in [3.63, 3.8) is 0 Å². The number of azide groups is 1. The Labute approximate surface area is 299 Å². The van der Waals surface area contributed by atoms with E-state index < -0.39 is 21.2 Å². The molecule has 2 aliphatic rings. The Morgan fingerprint density at radius 2 is 1.35 bits per heavy atom. The molecule has 2 aromatic carbocycles. The number of aliphatic hydroxyl groups excluding tert-OH is 1. The summed E-state index contributed by atoms with van der Waals surface area (Å²) in [6, 6.07) is 18.5. The minimum absolute atomic E-state index is 0.0381. The van der Waals surface area contributed by atoms with E-state index in [0.29, 0.717) is 50.8 Å². The van der Waals surface area contributed by atoms with E-state index in [4.69, 9.17) is 23.8 Å². The van der Waals surface area contributed by atoms with E-state index in [1.54, 1.807) is 9.80 Å². The number of hydrogen-bond acceptors (Lipinski definition) is 12. The van der Waals surface area contributed by atoms with Crippen LogP contribution in [0, 0.1) is 11.8 Å². The molecule has 4 unspecified atom stereocenters. The standard InChI is InChI=1S/C16H17N5O3.C16H18N2O4.CH3ClO2S/c17-20-19-14(15-18-7-9-23-15)13-6-8-21(10-13)16(22)24-11-12-4-2-1-3-5-12;19-14(15-17-7-9-21-15)13-6-8-18(10-13)16(20)22-11-12-4-2-1-3-5-12;1-5(2,3)4/h1-5,7,9,13-14H,6,8,10-11H2;1-5,7,9,13-14,19H,6,8,10-11H2;1H3. The third-order valence-electron chi connectivity index (χ3n) is 7.85. The van der Waals surface area contributed by atoms with Crippen molar-refractivity contribution in [2.45, 2.75) is 38.2 Å². The lowest BCUT2D eigenvalue weighted by molar-refractivity contribution is 0.0754. The first kappa shape index (κ1) is 38.7. The zero-order valence-corrected chi connectivity index (χ0v) is 29.3. The molecule has 0 aliphatic carbocycles. The van der Waals surface area contributed by atoms with Gasteiger partial charge in [-0.15, -0.1) is 0 Å². The van der Waals surface area contributed by atoms with E-state index in [-0.39, 0.29) is 37.2 Å². The van der Waals surface area contributed by atoms with Gasteiger partial charge in [-0.3, -0.25) is 0 Å². The van der Waals surface area contributed by atoms with Gasteiger partial charge in [-0.05, 0) is 35.4 Å². The van der Waals surface area contributed by atoms with Crippen LogP contribution in [0.2, 0.25) is 0 Å². The fraction of sp³-hybridized carbons (Fsp3) is 0.394. The summed E-state index contributed by atoms with van der Waals surface area (Å²) in [5.74, 6) is 0.550. The SMILES string of the molecule is CS(=O)(=O)Cl.O=C(OCc1ccccc1)N1CCC(C(O)c2ncco2)C1.[N-]=[N+]=NC(c1ncco1)C1CCN(C(=O)OCc2ccccc2)C1. The number of aromatic nitrogens is 2. The predicted molar refractivity (Wildman–Crippen MR) is 183 cm³/mol. The molecule has 2 aliphatic heterocycles. The second-order valence-corrected chi connectivity index (χ2v) is 14.6. The number of rotatable bonds is 9. The van der Waals surface area contributed by atoms with Crippen LogP contribution in [-0.2, 0) is 31.7 Å². The highest BCUT2D eigenvalue weighted by Gasteiger charge is 2.36. The highest BCUT2D eigenvalue weighted by Crippen LogP contribution is 2.33. The van der Waals surface area contributed by atoms with Crippen LogP contribution >= 0.6 is 10.7 Å². The molecule has 2 amide bonds. The second kappa shape index (κ2) is 19.3. The molecule has 18 heteroatoms. The molecule has 2 fully saturated rings. The van der Waals surface area contributed by atoms with E-state index in [2.05, 4.69) is 30.7 Å². The van der Waals surface area contributed by atoms with Gasteiger partial charge in [-0.1, -0.05) is 65.8 Å². The van der Waals surface area contributed by atoms with Crippen molar-refractivity contribution in [2.24, 2.45) is 17.0 Å². The van der Waals surface area contributed by atoms with Crippen LogP contribution in [0.4, 0.5) is 9.59 Å². The largest absolute Gasteiger partial charge is 0.449 e. The van der Waals surface area contributed by atoms with Gasteiger partial charge in [0.15, 0.2) is 0 Å². The van der Waals surface area contributed by atoms with Crippen LogP contribution in [0.15, 0.2) is 99.5 Å². The predicted octanol–water partition coefficient (Wildman–Crippen LogP) is 6.24. The molecule has 4 aromatic rings. The molecule has 0 spiro atoms. The number of carbonyl (C=O) groups is 2. The monoisotopic (exact) mass is 743 g/mol. The molecular weight excluding hydrogens is 706 g/mol. The lowest BCUT2D eigenvalue weighted by Gasteiger charge is -2.18. The normalized spacial score (nSPS) is 17.9. The maximum atomic E-state index is 12.2. The van der Waals surface area contributed by atoms with Gasteiger partial charge in [-0.2, -0.15) is 0 Å². The molecule has 16 nitrogen and oxygen atoms in total. The Kier molecular flexibility index (Phi) is 14.7. The van der Waals surface area contributed by atoms with Gasteiger partial charge < -0.3 is 33.2 Å². The molecule has 4 heterocycles. The quantitative estimate of drug-likeness (QED) is 0.0877. The van der Waals surface area contributed by atoms with Crippen molar-refractivity contribution < 1.29 is 41.4 Å². The molecule has 6 rings (SSSR count). The molecule has 1 N–H and O–H groups in total. The lowest BCUT2D eigenvalue weighted by atomic mass is 10.00. The maximum absolute atomic E-state index is 12.2. The first-order chi connectivity index (χ1) is 24.5. The molecule has 0 bridgehead atoms. The third kappa shape index (κ3) is 12.9. The van der Waals surface area contributed by atoms with Gasteiger partial charge in [0.1, 0.15) is 37.9 Å². The number of amides is 2. The van der Waals surface area contributed by atoms with Crippen LogP contribution < -0.4 is 0 Å². The topological polar surface area (TPSA) is 214 Å². The lowest BCUT2D eigenvalue weighted by Crippen LogP contribution is -2.30. The van der Waals surface area contributed by atoms with Crippen LogP contribution in [-0.4, -0.2) is 77.9 Å². The number of carbonyl (C=O) groups excluding carboxylic acids is 2. The Morgan fingerprint density at radius 3 is 1.80 bits per heavy atom. The summed E-state index contributed by atoms with van der Waals surface area (Å²) in [6.07, 6.45) is 6.69. The van der Waals surface area contributed by atoms with E-state index >= 15 is 0 Å². The minimum Gasteiger partial charge on any atom is -0.449 e. The molecule has 51 heavy (non-hydrogen) atoms. The van der Waals surface area contributed by atoms with Crippen LogP contribution in [0.3, 0.4) is 0 Å². The number of aliphatic hydroxyl groups is 1. The fourth-order valence-corrected chi connectivity index (χ4v) is 5.41. The third-order valence-corrected chi connectivity index (χ3v) is 7.85. The number of nitrogens with zero attached hydrogens (tertiary/aromatic N) is 7. The van der Waals surface area contributed by atoms with Gasteiger partial charge >= 0.3 is 12.2 Å². The maximum Gasteiger partial charge on any atom is 0.410 e. The van der Waals surface area contributed by atoms with Crippen LogP contribution in [0.25, 0.3) is 10.4 Å². The molecule has 2 saturated heterocycles. The van der Waals surface area contributed by atoms with Crippen molar-refractivity contribution in [3.8, 4) is 0 Å². The number of benzene rings is 2. The molecule has 0 saturated carbocycles. The Balaban J connectivity index is 0.000000203. The first-order valence-corrected chi connectivity index (χ1v) is 18.6. The fourth-order valence-electron chi connectivity index (χ4n) is 5.41. The second-order valence-electron chi connectivity index (χ2n) is 11.6. The van der Waals surface area contributed by atoms with Gasteiger partial charge in [0.2, 0.25) is 20.8 Å². The summed E-state index contributed by atoms with van der Waals surface area (Å²) in [5.41, 5.74) is 10.7. The van der Waals surface area contributed by atoms with E-state index in [0.717, 1.165) is 17.4 Å². The number of oxazole rings is 2. The molecule has 2 aromatic heterocycles. The number of halogens is 1. The van der Waals surface area contributed by atoms with E-state index in [9.17, 15) is 23.1 Å². The van der Waals surface area contributed by atoms with Gasteiger partial charge in [0, 0.05) is 47.7 Å². The van der Waals surface area contributed by atoms with Crippen LogP contribution in [0.5, 0.6) is 0 Å². The average Bonchev–Trinajstić information content (AvgIpc) is 3.97. The average molecular weight is 744 g/mol. The number of ether oxygens (including phenoxy) is 2. The number of likely N-dealkylation sites (tertiary alicyclic amines) is 2. The van der Waals surface area contributed by atoms with Crippen molar-refractivity contribution in [1.82, 2.24) is 19.8 Å². The summed E-state index contributed by atoms with van der Waals surface area (Å²) in [5, 5.41) is 14.0. The summed E-state index contributed by atoms with van der Waals surface area (Å²) >= 11 is 0. The molecule has 4 atom stereocenters. The molecule has 272 valence electrons. The summed E-state index contributed by atoms with van der Waals surface area (Å²) in [4.78, 5) is 38.4. The van der Waals surface area contributed by atoms with Gasteiger partial charge in [0.25, 0.3) is 0 Å². The zero-order chi connectivity index (χ0) is 36.6. The van der Waals surface area contributed by atoms with Crippen molar-refractivity contribution in [3.05, 3.63) is 119 Å². The summed E-state index contributed by atoms with van der Waals surface area (Å²) in [7, 11) is 1.31. The van der Waals surface area contributed by atoms with E-state index in [1.807, 2.05) is 60.7 Å². The minimum atomic E-state index is -3.19. The van der Waals surface area contributed by atoms with Crippen LogP contribution in [0.1, 0.15) is 47.9 Å². The molecule has 0 radical (unpaired) electrons. The van der Waals surface area contributed by atoms with Crippen molar-refractivity contribution in [1.29, 1.82) is 0 Å². The summed E-state index contributed by atoms with van der Waals surface area (Å²) < 4.78 is 39.8. The van der Waals surface area contributed by atoms with Crippen molar-refractivity contribution in [2.75, 3.05) is 32.4 Å². The van der Waals surface area contributed by atoms with Crippen molar-refractivity contribution >= 4 is 31.9 Å². The molecular formula is C33H38ClN7O9S. The summed E-state index contributed by atoms with van der Waals surface area (Å²) in [6.45, 7) is 2.49. The Morgan fingerprint density at radius 1 is 0.902 bits per heavy atom. The zero-order valence-electron chi connectivity index (χ0n) is 27.7. The van der Waals surface area contributed by atoms with Gasteiger partial charge in [0.05, 0.1) is 18.6 Å². The Hall–Kier alpha value is -5.09.